The van der Waals surface area contributed by atoms with Crippen LogP contribution in [0, 0.1) is 0 Å². The van der Waals surface area contributed by atoms with Crippen LogP contribution in [0.4, 0.5) is 11.6 Å². The third-order valence-corrected chi connectivity index (χ3v) is 5.20. The quantitative estimate of drug-likeness (QED) is 0.537. The number of rotatable bonds is 8. The zero-order valence-electron chi connectivity index (χ0n) is 16.1. The maximum absolute atomic E-state index is 12.4. The lowest BCUT2D eigenvalue weighted by Crippen LogP contribution is -2.15. The largest absolute Gasteiger partial charge is 0.493 e. The van der Waals surface area contributed by atoms with E-state index in [-0.39, 0.29) is 16.8 Å². The first kappa shape index (κ1) is 21.0. The van der Waals surface area contributed by atoms with E-state index in [0.717, 1.165) is 5.56 Å². The van der Waals surface area contributed by atoms with Gasteiger partial charge in [-0.05, 0) is 49.4 Å². The molecule has 1 heterocycles. The molecule has 0 fully saturated rings. The highest BCUT2D eigenvalue weighted by atomic mass is 32.2. The van der Waals surface area contributed by atoms with Crippen LogP contribution >= 0.6 is 0 Å². The standard InChI is InChI=1S/C21H20N4O4S/c1-2-29-19-7-4-3-6-16(19)8-13-20(26)24-17-9-11-18(12-10-17)30(27,28)25-21-22-14-5-15-23-21/h3-15H,2H2,1H3,(H,24,26)(H,22,23,25)/b13-8+. The minimum absolute atomic E-state index is 0.0210. The van der Waals surface area contributed by atoms with Crippen molar-refractivity contribution in [2.45, 2.75) is 11.8 Å². The van der Waals surface area contributed by atoms with E-state index in [1.165, 1.54) is 42.7 Å². The number of hydrogen-bond donors (Lipinski definition) is 2. The number of sulfonamides is 1. The molecule has 0 saturated carbocycles. The zero-order chi connectivity index (χ0) is 21.4. The number of nitrogens with one attached hydrogen (secondary N) is 2. The van der Waals surface area contributed by atoms with E-state index in [9.17, 15) is 13.2 Å². The van der Waals surface area contributed by atoms with E-state index in [0.29, 0.717) is 18.0 Å². The van der Waals surface area contributed by atoms with Crippen molar-refractivity contribution in [2.24, 2.45) is 0 Å². The minimum Gasteiger partial charge on any atom is -0.493 e. The lowest BCUT2D eigenvalue weighted by atomic mass is 10.2. The number of hydrogen-bond acceptors (Lipinski definition) is 6. The van der Waals surface area contributed by atoms with Crippen LogP contribution in [0.5, 0.6) is 5.75 Å². The van der Waals surface area contributed by atoms with Crippen LogP contribution in [-0.2, 0) is 14.8 Å². The second-order valence-electron chi connectivity index (χ2n) is 6.00. The van der Waals surface area contributed by atoms with E-state index in [1.807, 2.05) is 31.2 Å². The van der Waals surface area contributed by atoms with Crippen LogP contribution in [-0.4, -0.2) is 30.9 Å². The molecular formula is C21H20N4O4S. The topological polar surface area (TPSA) is 110 Å². The number of ether oxygens (including phenoxy) is 1. The Hall–Kier alpha value is -3.72. The van der Waals surface area contributed by atoms with Crippen molar-refractivity contribution in [1.82, 2.24) is 9.97 Å². The molecule has 0 unspecified atom stereocenters. The lowest BCUT2D eigenvalue weighted by Gasteiger charge is -2.08. The van der Waals surface area contributed by atoms with Crippen molar-refractivity contribution in [2.75, 3.05) is 16.6 Å². The molecule has 9 heteroatoms. The van der Waals surface area contributed by atoms with Gasteiger partial charge in [0.05, 0.1) is 11.5 Å². The number of aromatic nitrogens is 2. The minimum atomic E-state index is -3.83. The summed E-state index contributed by atoms with van der Waals surface area (Å²) in [6, 6.07) is 14.7. The highest BCUT2D eigenvalue weighted by Gasteiger charge is 2.15. The highest BCUT2D eigenvalue weighted by Crippen LogP contribution is 2.20. The summed E-state index contributed by atoms with van der Waals surface area (Å²) >= 11 is 0. The normalized spacial score (nSPS) is 11.2. The zero-order valence-corrected chi connectivity index (χ0v) is 17.0. The summed E-state index contributed by atoms with van der Waals surface area (Å²) in [5.74, 6) is 0.313. The summed E-state index contributed by atoms with van der Waals surface area (Å²) in [5.41, 5.74) is 1.24. The second kappa shape index (κ2) is 9.66. The van der Waals surface area contributed by atoms with Gasteiger partial charge in [0, 0.05) is 29.7 Å². The Morgan fingerprint density at radius 3 is 2.43 bits per heavy atom. The SMILES string of the molecule is CCOc1ccccc1/C=C/C(=O)Nc1ccc(S(=O)(=O)Nc2ncccn2)cc1. The van der Waals surface area contributed by atoms with Crippen LogP contribution in [0.25, 0.3) is 6.08 Å². The summed E-state index contributed by atoms with van der Waals surface area (Å²) in [6.07, 6.45) is 5.91. The van der Waals surface area contributed by atoms with E-state index < -0.39 is 10.0 Å². The van der Waals surface area contributed by atoms with Crippen LogP contribution < -0.4 is 14.8 Å². The van der Waals surface area contributed by atoms with Crippen molar-refractivity contribution in [3.8, 4) is 5.75 Å². The molecule has 2 aromatic carbocycles. The Morgan fingerprint density at radius 1 is 1.03 bits per heavy atom. The summed E-state index contributed by atoms with van der Waals surface area (Å²) < 4.78 is 32.6. The van der Waals surface area contributed by atoms with Crippen LogP contribution in [0.1, 0.15) is 12.5 Å². The molecule has 1 aromatic heterocycles. The molecule has 3 aromatic rings. The Bertz CT molecular complexity index is 1130. The molecule has 30 heavy (non-hydrogen) atoms. The van der Waals surface area contributed by atoms with Crippen LogP contribution in [0.3, 0.4) is 0 Å². The molecule has 0 aliphatic rings. The van der Waals surface area contributed by atoms with Gasteiger partial charge in [-0.3, -0.25) is 4.79 Å². The summed E-state index contributed by atoms with van der Waals surface area (Å²) in [4.78, 5) is 19.9. The van der Waals surface area contributed by atoms with Gasteiger partial charge in [-0.25, -0.2) is 23.1 Å². The van der Waals surface area contributed by atoms with Gasteiger partial charge in [0.25, 0.3) is 10.0 Å². The first-order valence-electron chi connectivity index (χ1n) is 9.09. The van der Waals surface area contributed by atoms with Gasteiger partial charge in [-0.1, -0.05) is 18.2 Å². The van der Waals surface area contributed by atoms with E-state index in [4.69, 9.17) is 4.74 Å². The molecule has 0 saturated heterocycles. The van der Waals surface area contributed by atoms with Gasteiger partial charge < -0.3 is 10.1 Å². The fraction of sp³-hybridized carbons (Fsp3) is 0.0952. The van der Waals surface area contributed by atoms with Crippen LogP contribution in [0.15, 0.2) is 78.0 Å². The molecule has 0 radical (unpaired) electrons. The summed E-state index contributed by atoms with van der Waals surface area (Å²) in [6.45, 7) is 2.41. The molecule has 3 rings (SSSR count). The van der Waals surface area contributed by atoms with E-state index in [2.05, 4.69) is 20.0 Å². The van der Waals surface area contributed by atoms with Crippen molar-refractivity contribution < 1.29 is 17.9 Å². The Balaban J connectivity index is 1.65. The third-order valence-electron chi connectivity index (χ3n) is 3.86. The Labute approximate surface area is 174 Å². The smallest absolute Gasteiger partial charge is 0.264 e. The maximum Gasteiger partial charge on any atom is 0.264 e. The molecule has 8 nitrogen and oxygen atoms in total. The van der Waals surface area contributed by atoms with Gasteiger partial charge in [0.15, 0.2) is 0 Å². The Kier molecular flexibility index (Phi) is 6.76. The molecule has 0 aliphatic heterocycles. The molecule has 0 spiro atoms. The first-order valence-corrected chi connectivity index (χ1v) is 10.6. The van der Waals surface area contributed by atoms with Gasteiger partial charge in [0.1, 0.15) is 5.75 Å². The van der Waals surface area contributed by atoms with Crippen molar-refractivity contribution in [1.29, 1.82) is 0 Å². The second-order valence-corrected chi connectivity index (χ2v) is 7.68. The van der Waals surface area contributed by atoms with Gasteiger partial charge in [-0.2, -0.15) is 0 Å². The molecule has 2 N–H and O–H groups in total. The fourth-order valence-electron chi connectivity index (χ4n) is 2.50. The average Bonchev–Trinajstić information content (AvgIpc) is 2.74. The van der Waals surface area contributed by atoms with Gasteiger partial charge in [-0.15, -0.1) is 0 Å². The van der Waals surface area contributed by atoms with Gasteiger partial charge in [0.2, 0.25) is 11.9 Å². The lowest BCUT2D eigenvalue weighted by molar-refractivity contribution is -0.111. The molecule has 154 valence electrons. The number of anilines is 2. The van der Waals surface area contributed by atoms with Gasteiger partial charge >= 0.3 is 0 Å². The first-order chi connectivity index (χ1) is 14.5. The predicted octanol–water partition coefficient (Wildman–Crippen LogP) is 3.33. The summed E-state index contributed by atoms with van der Waals surface area (Å²) in [7, 11) is -3.83. The van der Waals surface area contributed by atoms with Crippen LogP contribution in [0.2, 0.25) is 0 Å². The number of para-hydroxylation sites is 1. The third kappa shape index (κ3) is 5.65. The molecule has 0 aliphatic carbocycles. The molecule has 1 amide bonds. The highest BCUT2D eigenvalue weighted by molar-refractivity contribution is 7.92. The van der Waals surface area contributed by atoms with E-state index >= 15 is 0 Å². The Morgan fingerprint density at radius 2 is 1.73 bits per heavy atom. The molecular weight excluding hydrogens is 404 g/mol. The van der Waals surface area contributed by atoms with Crippen molar-refractivity contribution in [3.05, 3.63) is 78.6 Å². The number of carbonyl (C=O) groups is 1. The number of carbonyl (C=O) groups excluding carboxylic acids is 1. The molecule has 0 bridgehead atoms. The fourth-order valence-corrected chi connectivity index (χ4v) is 3.46. The average molecular weight is 424 g/mol. The predicted molar refractivity (Wildman–Crippen MR) is 115 cm³/mol. The number of nitrogens with zero attached hydrogens (tertiary/aromatic N) is 2. The number of amides is 1. The van der Waals surface area contributed by atoms with Crippen molar-refractivity contribution >= 4 is 33.6 Å². The maximum atomic E-state index is 12.4. The molecule has 0 atom stereocenters. The number of benzene rings is 2. The monoisotopic (exact) mass is 424 g/mol. The van der Waals surface area contributed by atoms with E-state index in [1.54, 1.807) is 12.1 Å². The van der Waals surface area contributed by atoms with Crippen molar-refractivity contribution in [3.63, 3.8) is 0 Å². The summed E-state index contributed by atoms with van der Waals surface area (Å²) in [5, 5.41) is 2.69.